The second-order valence-electron chi connectivity index (χ2n) is 2.22. The lowest BCUT2D eigenvalue weighted by atomic mass is 10.4. The Morgan fingerprint density at radius 1 is 1.64 bits per heavy atom. The van der Waals surface area contributed by atoms with E-state index in [4.69, 9.17) is 5.73 Å². The highest BCUT2D eigenvalue weighted by Crippen LogP contribution is 2.25. The first kappa shape index (κ1) is 13.2. The molecule has 0 unspecified atom stereocenters. The Balaban J connectivity index is 0.00000169. The molecule has 5 nitrogen and oxygen atoms in total. The lowest BCUT2D eigenvalue weighted by molar-refractivity contribution is -0.388. The molecule has 0 fully saturated rings. The van der Waals surface area contributed by atoms with Crippen molar-refractivity contribution in [2.24, 2.45) is 5.73 Å². The van der Waals surface area contributed by atoms with Crippen molar-refractivity contribution in [2.45, 2.75) is 5.03 Å². The highest BCUT2D eigenvalue weighted by molar-refractivity contribution is 7.99. The number of hydrogen-bond acceptors (Lipinski definition) is 5. The first-order valence-electron chi connectivity index (χ1n) is 3.68. The minimum absolute atomic E-state index is 0. The van der Waals surface area contributed by atoms with Gasteiger partial charge in [-0.1, -0.05) is 11.8 Å². The Kier molecular flexibility index (Phi) is 6.18. The smallest absolute Gasteiger partial charge is 0.301 e. The monoisotopic (exact) mass is 235 g/mol. The lowest BCUT2D eigenvalue weighted by Crippen LogP contribution is -2.02. The van der Waals surface area contributed by atoms with Crippen LogP contribution in [0, 0.1) is 10.1 Å². The summed E-state index contributed by atoms with van der Waals surface area (Å²) in [6, 6.07) is 2.98. The number of nitrogens with zero attached hydrogens (tertiary/aromatic N) is 2. The summed E-state index contributed by atoms with van der Waals surface area (Å²) in [5.41, 5.74) is 5.33. The second-order valence-corrected chi connectivity index (χ2v) is 3.31. The zero-order valence-electron chi connectivity index (χ0n) is 7.25. The van der Waals surface area contributed by atoms with Crippen LogP contribution >= 0.6 is 24.2 Å². The molecular weight excluding hydrogens is 226 g/mol. The molecule has 7 heteroatoms. The van der Waals surface area contributed by atoms with E-state index in [0.717, 1.165) is 0 Å². The van der Waals surface area contributed by atoms with Gasteiger partial charge in [-0.3, -0.25) is 10.1 Å². The molecule has 0 aliphatic heterocycles. The van der Waals surface area contributed by atoms with Gasteiger partial charge in [-0.15, -0.1) is 12.4 Å². The number of hydrogen-bond donors (Lipinski definition) is 1. The third kappa shape index (κ3) is 3.49. The summed E-state index contributed by atoms with van der Waals surface area (Å²) in [5, 5.41) is 10.9. The van der Waals surface area contributed by atoms with Crippen molar-refractivity contribution in [2.75, 3.05) is 12.3 Å². The normalized spacial score (nSPS) is 9.21. The van der Waals surface area contributed by atoms with Crippen molar-refractivity contribution < 1.29 is 4.92 Å². The molecule has 78 valence electrons. The second kappa shape index (κ2) is 6.58. The average molecular weight is 236 g/mol. The summed E-state index contributed by atoms with van der Waals surface area (Å²) in [7, 11) is 0. The minimum Gasteiger partial charge on any atom is -0.330 e. The molecule has 1 aromatic rings. The van der Waals surface area contributed by atoms with Gasteiger partial charge >= 0.3 is 5.69 Å². The van der Waals surface area contributed by atoms with E-state index in [1.54, 1.807) is 6.07 Å². The van der Waals surface area contributed by atoms with Crippen LogP contribution in [-0.4, -0.2) is 22.2 Å². The molecule has 0 aliphatic rings. The van der Waals surface area contributed by atoms with Crippen molar-refractivity contribution >= 4 is 29.9 Å². The summed E-state index contributed by atoms with van der Waals surface area (Å²) >= 11 is 1.30. The van der Waals surface area contributed by atoms with Crippen LogP contribution in [-0.2, 0) is 0 Å². The van der Waals surface area contributed by atoms with Crippen molar-refractivity contribution in [3.63, 3.8) is 0 Å². The van der Waals surface area contributed by atoms with Crippen molar-refractivity contribution in [3.8, 4) is 0 Å². The van der Waals surface area contributed by atoms with E-state index in [9.17, 15) is 10.1 Å². The Morgan fingerprint density at radius 2 is 2.36 bits per heavy atom. The molecule has 1 aromatic heterocycles. The van der Waals surface area contributed by atoms with Gasteiger partial charge in [-0.05, 0) is 6.07 Å². The van der Waals surface area contributed by atoms with Crippen molar-refractivity contribution in [3.05, 3.63) is 28.4 Å². The average Bonchev–Trinajstić information content (AvgIpc) is 2.15. The van der Waals surface area contributed by atoms with Crippen LogP contribution in [0.4, 0.5) is 5.69 Å². The van der Waals surface area contributed by atoms with Crippen LogP contribution in [0.25, 0.3) is 0 Å². The number of nitrogens with two attached hydrogens (primary N) is 1. The summed E-state index contributed by atoms with van der Waals surface area (Å²) in [6.45, 7) is 0.485. The van der Waals surface area contributed by atoms with Crippen molar-refractivity contribution in [1.29, 1.82) is 0 Å². The molecule has 0 bridgehead atoms. The number of aromatic nitrogens is 1. The molecule has 1 heterocycles. The molecule has 2 N–H and O–H groups in total. The first-order chi connectivity index (χ1) is 6.25. The van der Waals surface area contributed by atoms with Crippen LogP contribution in [0.3, 0.4) is 0 Å². The zero-order valence-corrected chi connectivity index (χ0v) is 8.88. The van der Waals surface area contributed by atoms with E-state index in [0.29, 0.717) is 17.3 Å². The largest absolute Gasteiger partial charge is 0.330 e. The third-order valence-corrected chi connectivity index (χ3v) is 2.33. The molecule has 0 atom stereocenters. The first-order valence-corrected chi connectivity index (χ1v) is 4.66. The van der Waals surface area contributed by atoms with Gasteiger partial charge in [0.2, 0.25) is 0 Å². The van der Waals surface area contributed by atoms with E-state index in [2.05, 4.69) is 4.98 Å². The molecule has 14 heavy (non-hydrogen) atoms. The fourth-order valence-corrected chi connectivity index (χ4v) is 1.53. The zero-order chi connectivity index (χ0) is 9.68. The highest BCUT2D eigenvalue weighted by atomic mass is 35.5. The Bertz CT molecular complexity index is 311. The SMILES string of the molecule is Cl.NCCSc1ncccc1[N+](=O)[O-]. The van der Waals surface area contributed by atoms with Crippen LogP contribution in [0.15, 0.2) is 23.4 Å². The molecule has 0 aromatic carbocycles. The van der Waals surface area contributed by atoms with Crippen LogP contribution < -0.4 is 5.73 Å². The van der Waals surface area contributed by atoms with E-state index >= 15 is 0 Å². The number of rotatable bonds is 4. The molecule has 0 amide bonds. The number of pyridine rings is 1. The van der Waals surface area contributed by atoms with Gasteiger partial charge < -0.3 is 5.73 Å². The van der Waals surface area contributed by atoms with Gasteiger partial charge in [0.25, 0.3) is 0 Å². The Morgan fingerprint density at radius 3 is 2.93 bits per heavy atom. The lowest BCUT2D eigenvalue weighted by Gasteiger charge is -1.98. The number of thioether (sulfide) groups is 1. The van der Waals surface area contributed by atoms with Gasteiger partial charge in [0.05, 0.1) is 4.92 Å². The minimum atomic E-state index is -0.439. The maximum absolute atomic E-state index is 10.5. The predicted octanol–water partition coefficient (Wildman–Crippen LogP) is 1.46. The van der Waals surface area contributed by atoms with E-state index in [-0.39, 0.29) is 18.1 Å². The van der Waals surface area contributed by atoms with Crippen molar-refractivity contribution in [1.82, 2.24) is 4.98 Å². The summed E-state index contributed by atoms with van der Waals surface area (Å²) in [6.07, 6.45) is 1.53. The van der Waals surface area contributed by atoms with Crippen LogP contribution in [0.1, 0.15) is 0 Å². The van der Waals surface area contributed by atoms with E-state index in [1.807, 2.05) is 0 Å². The standard InChI is InChI=1S/C7H9N3O2S.ClH/c8-3-5-13-7-6(10(11)12)2-1-4-9-7;/h1-2,4H,3,5,8H2;1H. The maximum Gasteiger partial charge on any atom is 0.301 e. The Labute approximate surface area is 91.7 Å². The highest BCUT2D eigenvalue weighted by Gasteiger charge is 2.13. The van der Waals surface area contributed by atoms with E-state index in [1.165, 1.54) is 24.0 Å². The predicted molar refractivity (Wildman–Crippen MR) is 57.9 cm³/mol. The molecule has 0 saturated heterocycles. The molecule has 0 spiro atoms. The summed E-state index contributed by atoms with van der Waals surface area (Å²) in [4.78, 5) is 14.0. The van der Waals surface area contributed by atoms with Gasteiger partial charge in [0, 0.05) is 24.6 Å². The number of halogens is 1. The van der Waals surface area contributed by atoms with Gasteiger partial charge in [-0.2, -0.15) is 0 Å². The Hall–Kier alpha value is -0.850. The molecule has 1 rings (SSSR count). The van der Waals surface area contributed by atoms with Gasteiger partial charge in [-0.25, -0.2) is 4.98 Å². The van der Waals surface area contributed by atoms with Crippen LogP contribution in [0.2, 0.25) is 0 Å². The third-order valence-electron chi connectivity index (χ3n) is 1.30. The van der Waals surface area contributed by atoms with E-state index < -0.39 is 4.92 Å². The topological polar surface area (TPSA) is 82.0 Å². The summed E-state index contributed by atoms with van der Waals surface area (Å²) < 4.78 is 0. The van der Waals surface area contributed by atoms with Gasteiger partial charge in [0.1, 0.15) is 0 Å². The molecule has 0 saturated carbocycles. The molecular formula is C7H10ClN3O2S. The number of nitro groups is 1. The van der Waals surface area contributed by atoms with Gasteiger partial charge in [0.15, 0.2) is 5.03 Å². The van der Waals surface area contributed by atoms with Crippen LogP contribution in [0.5, 0.6) is 0 Å². The fraction of sp³-hybridized carbons (Fsp3) is 0.286. The summed E-state index contributed by atoms with van der Waals surface area (Å²) in [5.74, 6) is 0.637. The fourth-order valence-electron chi connectivity index (χ4n) is 0.788. The quantitative estimate of drug-likeness (QED) is 0.485. The molecule has 0 radical (unpaired) electrons. The molecule has 0 aliphatic carbocycles. The maximum atomic E-state index is 10.5.